The maximum Gasteiger partial charge on any atom is 0.283 e. The van der Waals surface area contributed by atoms with E-state index in [-0.39, 0.29) is 11.6 Å². The second-order valence-corrected chi connectivity index (χ2v) is 6.68. The lowest BCUT2D eigenvalue weighted by Gasteiger charge is -2.18. The SMILES string of the molecule is CC(C)Cn1ncc(NC(C)CCN(C)C)c(Br)c1=O. The second-order valence-electron chi connectivity index (χ2n) is 5.89. The highest BCUT2D eigenvalue weighted by molar-refractivity contribution is 9.10. The molecule has 1 aromatic heterocycles. The molecule has 114 valence electrons. The molecule has 6 heteroatoms. The van der Waals surface area contributed by atoms with E-state index in [9.17, 15) is 4.79 Å². The lowest BCUT2D eigenvalue weighted by molar-refractivity contribution is 0.390. The molecule has 0 aromatic carbocycles. The van der Waals surface area contributed by atoms with Crippen molar-refractivity contribution in [2.24, 2.45) is 5.92 Å². The third-order valence-electron chi connectivity index (χ3n) is 2.93. The highest BCUT2D eigenvalue weighted by Gasteiger charge is 2.12. The molecule has 0 aliphatic rings. The largest absolute Gasteiger partial charge is 0.380 e. The molecule has 0 fully saturated rings. The van der Waals surface area contributed by atoms with Gasteiger partial charge in [0.1, 0.15) is 4.47 Å². The number of nitrogens with one attached hydrogen (secondary N) is 1. The van der Waals surface area contributed by atoms with E-state index < -0.39 is 0 Å². The molecule has 0 radical (unpaired) electrons. The van der Waals surface area contributed by atoms with Gasteiger partial charge >= 0.3 is 0 Å². The number of hydrogen-bond donors (Lipinski definition) is 1. The van der Waals surface area contributed by atoms with E-state index in [4.69, 9.17) is 0 Å². The highest BCUT2D eigenvalue weighted by atomic mass is 79.9. The molecular weight excluding hydrogens is 320 g/mol. The van der Waals surface area contributed by atoms with Crippen LogP contribution >= 0.6 is 15.9 Å². The Morgan fingerprint density at radius 3 is 2.60 bits per heavy atom. The Kier molecular flexibility index (Phi) is 6.68. The van der Waals surface area contributed by atoms with E-state index in [0.29, 0.717) is 16.9 Å². The minimum absolute atomic E-state index is 0.0801. The highest BCUT2D eigenvalue weighted by Crippen LogP contribution is 2.18. The van der Waals surface area contributed by atoms with Crippen molar-refractivity contribution in [1.29, 1.82) is 0 Å². The Labute approximate surface area is 129 Å². The number of aromatic nitrogens is 2. The normalized spacial score (nSPS) is 13.0. The van der Waals surface area contributed by atoms with Crippen LogP contribution in [0.2, 0.25) is 0 Å². The minimum Gasteiger partial charge on any atom is -0.380 e. The zero-order chi connectivity index (χ0) is 15.3. The zero-order valence-electron chi connectivity index (χ0n) is 13.0. The van der Waals surface area contributed by atoms with Gasteiger partial charge in [-0.2, -0.15) is 5.10 Å². The van der Waals surface area contributed by atoms with Crippen LogP contribution in [-0.4, -0.2) is 41.4 Å². The quantitative estimate of drug-likeness (QED) is 0.825. The van der Waals surface area contributed by atoms with Crippen molar-refractivity contribution >= 4 is 21.6 Å². The molecule has 1 atom stereocenters. The van der Waals surface area contributed by atoms with E-state index in [1.165, 1.54) is 4.68 Å². The van der Waals surface area contributed by atoms with Crippen LogP contribution in [0.1, 0.15) is 27.2 Å². The van der Waals surface area contributed by atoms with Gasteiger partial charge in [-0.15, -0.1) is 0 Å². The summed E-state index contributed by atoms with van der Waals surface area (Å²) in [5.74, 6) is 0.393. The molecule has 0 bridgehead atoms. The van der Waals surface area contributed by atoms with Gasteiger partial charge in [0.05, 0.1) is 11.9 Å². The predicted molar refractivity (Wildman–Crippen MR) is 87.3 cm³/mol. The summed E-state index contributed by atoms with van der Waals surface area (Å²) < 4.78 is 2.06. The van der Waals surface area contributed by atoms with E-state index in [0.717, 1.165) is 18.7 Å². The third kappa shape index (κ3) is 5.25. The summed E-state index contributed by atoms with van der Waals surface area (Å²) >= 11 is 3.38. The summed E-state index contributed by atoms with van der Waals surface area (Å²) in [6.07, 6.45) is 2.73. The van der Waals surface area contributed by atoms with E-state index in [2.05, 4.69) is 66.1 Å². The Bertz CT molecular complexity index is 485. The predicted octanol–water partition coefficient (Wildman–Crippen LogP) is 2.41. The average Bonchev–Trinajstić information content (AvgIpc) is 2.35. The fourth-order valence-electron chi connectivity index (χ4n) is 1.83. The van der Waals surface area contributed by atoms with E-state index >= 15 is 0 Å². The average molecular weight is 345 g/mol. The van der Waals surface area contributed by atoms with Crippen LogP contribution in [0.25, 0.3) is 0 Å². The monoisotopic (exact) mass is 344 g/mol. The van der Waals surface area contributed by atoms with Gasteiger partial charge in [0, 0.05) is 12.6 Å². The molecule has 5 nitrogen and oxygen atoms in total. The first-order valence-corrected chi connectivity index (χ1v) is 7.77. The van der Waals surface area contributed by atoms with Crippen LogP contribution in [0.5, 0.6) is 0 Å². The second kappa shape index (κ2) is 7.78. The van der Waals surface area contributed by atoms with Crippen LogP contribution < -0.4 is 10.9 Å². The number of halogens is 1. The maximum atomic E-state index is 12.2. The van der Waals surface area contributed by atoms with Crippen molar-refractivity contribution in [3.63, 3.8) is 0 Å². The Morgan fingerprint density at radius 1 is 1.40 bits per heavy atom. The van der Waals surface area contributed by atoms with Crippen molar-refractivity contribution in [3.8, 4) is 0 Å². The van der Waals surface area contributed by atoms with Crippen LogP contribution in [0.15, 0.2) is 15.5 Å². The van der Waals surface area contributed by atoms with Gasteiger partial charge in [0.15, 0.2) is 0 Å². The number of hydrogen-bond acceptors (Lipinski definition) is 4. The zero-order valence-corrected chi connectivity index (χ0v) is 14.6. The van der Waals surface area contributed by atoms with Gasteiger partial charge in [0.2, 0.25) is 0 Å². The Hall–Kier alpha value is -0.880. The number of rotatable bonds is 7. The van der Waals surface area contributed by atoms with E-state index in [1.807, 2.05) is 0 Å². The van der Waals surface area contributed by atoms with Crippen molar-refractivity contribution in [3.05, 3.63) is 21.0 Å². The topological polar surface area (TPSA) is 50.2 Å². The molecular formula is C14H25BrN4O. The van der Waals surface area contributed by atoms with Gasteiger partial charge in [0.25, 0.3) is 5.56 Å². The van der Waals surface area contributed by atoms with Gasteiger partial charge in [-0.05, 0) is 55.8 Å². The van der Waals surface area contributed by atoms with Gasteiger partial charge in [-0.1, -0.05) is 13.8 Å². The van der Waals surface area contributed by atoms with Crippen molar-refractivity contribution in [1.82, 2.24) is 14.7 Å². The minimum atomic E-state index is -0.0801. The molecule has 1 rings (SSSR count). The summed E-state index contributed by atoms with van der Waals surface area (Å²) in [6, 6.07) is 0.288. The first-order chi connectivity index (χ1) is 9.31. The fraction of sp³-hybridized carbons (Fsp3) is 0.714. The molecule has 0 aliphatic heterocycles. The molecule has 0 spiro atoms. The van der Waals surface area contributed by atoms with Crippen LogP contribution in [0.3, 0.4) is 0 Å². The smallest absolute Gasteiger partial charge is 0.283 e. The standard InChI is InChI=1S/C14H25BrN4O/c1-10(2)9-19-14(20)13(15)12(8-16-19)17-11(3)6-7-18(4)5/h8,10-11,17H,6-7,9H2,1-5H3. The van der Waals surface area contributed by atoms with Crippen molar-refractivity contribution in [2.75, 3.05) is 26.0 Å². The lowest BCUT2D eigenvalue weighted by Crippen LogP contribution is -2.28. The summed E-state index contributed by atoms with van der Waals surface area (Å²) in [7, 11) is 4.11. The first kappa shape index (κ1) is 17.2. The molecule has 1 N–H and O–H groups in total. The van der Waals surface area contributed by atoms with Crippen molar-refractivity contribution < 1.29 is 0 Å². The molecule has 0 saturated heterocycles. The number of anilines is 1. The third-order valence-corrected chi connectivity index (χ3v) is 3.70. The molecule has 1 aromatic rings. The maximum absolute atomic E-state index is 12.2. The summed E-state index contributed by atoms with van der Waals surface area (Å²) in [4.78, 5) is 14.3. The molecule has 0 aliphatic carbocycles. The summed E-state index contributed by atoms with van der Waals surface area (Å²) in [5.41, 5.74) is 0.685. The molecule has 0 amide bonds. The van der Waals surface area contributed by atoms with Crippen molar-refractivity contribution in [2.45, 2.75) is 39.8 Å². The van der Waals surface area contributed by atoms with E-state index in [1.54, 1.807) is 6.20 Å². The molecule has 1 unspecified atom stereocenters. The lowest BCUT2D eigenvalue weighted by atomic mass is 10.2. The van der Waals surface area contributed by atoms with Crippen LogP contribution in [0, 0.1) is 5.92 Å². The molecule has 20 heavy (non-hydrogen) atoms. The summed E-state index contributed by atoms with van der Waals surface area (Å²) in [6.45, 7) is 7.88. The molecule has 1 heterocycles. The Morgan fingerprint density at radius 2 is 2.05 bits per heavy atom. The van der Waals surface area contributed by atoms with Gasteiger partial charge in [-0.25, -0.2) is 4.68 Å². The molecule has 0 saturated carbocycles. The Balaban J connectivity index is 2.77. The van der Waals surface area contributed by atoms with Crippen LogP contribution in [0.4, 0.5) is 5.69 Å². The van der Waals surface area contributed by atoms with Gasteiger partial charge < -0.3 is 10.2 Å². The number of nitrogens with zero attached hydrogens (tertiary/aromatic N) is 3. The van der Waals surface area contributed by atoms with Crippen LogP contribution in [-0.2, 0) is 6.54 Å². The fourth-order valence-corrected chi connectivity index (χ4v) is 2.25. The summed E-state index contributed by atoms with van der Waals surface area (Å²) in [5, 5.41) is 7.57. The van der Waals surface area contributed by atoms with Gasteiger partial charge in [-0.3, -0.25) is 4.79 Å². The first-order valence-electron chi connectivity index (χ1n) is 6.98.